The number of hydrogen-bond acceptors (Lipinski definition) is 5. The molecule has 6 nitrogen and oxygen atoms in total. The number of amides is 1. The first-order valence-electron chi connectivity index (χ1n) is 8.71. The summed E-state index contributed by atoms with van der Waals surface area (Å²) in [4.78, 5) is 18.2. The number of benzene rings is 2. The molecule has 0 spiro atoms. The van der Waals surface area contributed by atoms with Crippen LogP contribution in [0.2, 0.25) is 0 Å². The third kappa shape index (κ3) is 4.37. The van der Waals surface area contributed by atoms with Crippen molar-refractivity contribution >= 4 is 33.1 Å². The predicted octanol–water partition coefficient (Wildman–Crippen LogP) is 2.53. The van der Waals surface area contributed by atoms with Gasteiger partial charge in [0.2, 0.25) is 0 Å². The number of carbonyl (C=O) groups excluding carboxylic acids is 1. The van der Waals surface area contributed by atoms with Gasteiger partial charge in [-0.25, -0.2) is 4.98 Å². The molecule has 0 saturated carbocycles. The van der Waals surface area contributed by atoms with Crippen LogP contribution in [0.25, 0.3) is 10.2 Å². The van der Waals surface area contributed by atoms with Crippen LogP contribution < -0.4 is 19.7 Å². The number of carbonyl (C=O) groups is 1. The molecule has 142 valence electrons. The molecule has 3 aromatic rings. The number of ether oxygens (including phenoxy) is 2. The lowest BCUT2D eigenvalue weighted by molar-refractivity contribution is -0.902. The number of nitrogens with zero attached hydrogens (tertiary/aromatic N) is 1. The molecular weight excluding hydrogens is 362 g/mol. The molecule has 1 amide bonds. The van der Waals surface area contributed by atoms with Crippen LogP contribution in [0.5, 0.6) is 11.5 Å². The van der Waals surface area contributed by atoms with E-state index in [0.717, 1.165) is 15.4 Å². The number of rotatable bonds is 7. The van der Waals surface area contributed by atoms with Crippen LogP contribution in [-0.2, 0) is 4.79 Å². The number of anilines is 1. The van der Waals surface area contributed by atoms with E-state index in [2.05, 4.69) is 18.3 Å². The van der Waals surface area contributed by atoms with Crippen molar-refractivity contribution in [2.75, 3.05) is 33.1 Å². The Morgan fingerprint density at radius 2 is 1.93 bits per heavy atom. The summed E-state index contributed by atoms with van der Waals surface area (Å²) in [5, 5.41) is 3.95. The van der Waals surface area contributed by atoms with Crippen molar-refractivity contribution in [3.05, 3.63) is 47.5 Å². The van der Waals surface area contributed by atoms with E-state index in [1.54, 1.807) is 43.8 Å². The minimum Gasteiger partial charge on any atom is -0.493 e. The predicted molar refractivity (Wildman–Crippen MR) is 108 cm³/mol. The van der Waals surface area contributed by atoms with Crippen molar-refractivity contribution in [2.24, 2.45) is 0 Å². The van der Waals surface area contributed by atoms with Gasteiger partial charge in [0.25, 0.3) is 5.91 Å². The molecule has 3 rings (SSSR count). The third-order valence-electron chi connectivity index (χ3n) is 4.53. The number of para-hydroxylation sites is 1. The number of methoxy groups -OCH3 is 2. The number of thiazole rings is 1. The molecule has 0 fully saturated rings. The third-order valence-corrected chi connectivity index (χ3v) is 5.75. The topological polar surface area (TPSA) is 64.9 Å². The van der Waals surface area contributed by atoms with E-state index in [1.165, 1.54) is 4.70 Å². The van der Waals surface area contributed by atoms with E-state index >= 15 is 0 Å². The van der Waals surface area contributed by atoms with Crippen LogP contribution in [0.15, 0.2) is 42.5 Å². The highest BCUT2D eigenvalue weighted by Crippen LogP contribution is 2.29. The molecule has 7 heteroatoms. The zero-order valence-electron chi connectivity index (χ0n) is 15.9. The molecule has 2 N–H and O–H groups in total. The summed E-state index contributed by atoms with van der Waals surface area (Å²) < 4.78 is 11.7. The summed E-state index contributed by atoms with van der Waals surface area (Å²) in [6.45, 7) is 2.43. The van der Waals surface area contributed by atoms with Crippen molar-refractivity contribution in [3.63, 3.8) is 0 Å². The van der Waals surface area contributed by atoms with Crippen LogP contribution in [0, 0.1) is 0 Å². The van der Waals surface area contributed by atoms with Gasteiger partial charge in [-0.05, 0) is 31.2 Å². The van der Waals surface area contributed by atoms with E-state index in [0.29, 0.717) is 23.7 Å². The van der Waals surface area contributed by atoms with E-state index in [4.69, 9.17) is 14.5 Å². The number of likely N-dealkylation sites (N-methyl/N-ethyl adjacent to an activating group) is 1. The molecule has 0 aliphatic carbocycles. The van der Waals surface area contributed by atoms with Gasteiger partial charge in [-0.2, -0.15) is 0 Å². The van der Waals surface area contributed by atoms with Gasteiger partial charge in [0.1, 0.15) is 6.04 Å². The summed E-state index contributed by atoms with van der Waals surface area (Å²) in [7, 11) is 5.16. The molecule has 0 saturated heterocycles. The molecule has 1 aromatic heterocycles. The van der Waals surface area contributed by atoms with Crippen molar-refractivity contribution in [1.82, 2.24) is 4.98 Å². The number of fused-ring (bicyclic) bond motifs is 1. The average Bonchev–Trinajstić information content (AvgIpc) is 3.11. The van der Waals surface area contributed by atoms with Crippen molar-refractivity contribution < 1.29 is 19.2 Å². The van der Waals surface area contributed by atoms with Crippen LogP contribution in [-0.4, -0.2) is 38.7 Å². The van der Waals surface area contributed by atoms with E-state index in [-0.39, 0.29) is 11.9 Å². The van der Waals surface area contributed by atoms with Gasteiger partial charge in [0.05, 0.1) is 31.5 Å². The number of nitrogens with one attached hydrogen (secondary N) is 2. The maximum atomic E-state index is 12.5. The summed E-state index contributed by atoms with van der Waals surface area (Å²) in [6, 6.07) is 13.5. The lowest BCUT2D eigenvalue weighted by atomic mass is 10.2. The maximum Gasteiger partial charge on any atom is 0.279 e. The molecule has 0 aliphatic rings. The van der Waals surface area contributed by atoms with Crippen LogP contribution in [0.1, 0.15) is 18.0 Å². The molecule has 2 atom stereocenters. The Bertz CT molecular complexity index is 908. The minimum atomic E-state index is -0.0623. The van der Waals surface area contributed by atoms with Crippen molar-refractivity contribution in [2.45, 2.75) is 13.0 Å². The highest BCUT2D eigenvalue weighted by Gasteiger charge is 2.22. The highest BCUT2D eigenvalue weighted by atomic mass is 32.1. The number of quaternary nitrogens is 1. The SMILES string of the molecule is COc1ccc(NC(=O)C[NH+](C)[C@@H](C)c2nc3ccccc3s2)cc1OC. The standard InChI is InChI=1S/C20H23N3O3S/c1-13(20-22-15-7-5-6-8-18(15)27-20)23(2)12-19(24)21-14-9-10-16(25-3)17(11-14)26-4/h5-11,13H,12H2,1-4H3,(H,21,24)/p+1/t13-/m0/s1. The second-order valence-corrected chi connectivity index (χ2v) is 7.44. The van der Waals surface area contributed by atoms with Gasteiger partial charge in [0, 0.05) is 11.8 Å². The Morgan fingerprint density at radius 3 is 2.63 bits per heavy atom. The molecular formula is C20H24N3O3S+. The zero-order valence-corrected chi connectivity index (χ0v) is 16.7. The Kier molecular flexibility index (Phi) is 5.93. The fourth-order valence-electron chi connectivity index (χ4n) is 2.81. The van der Waals surface area contributed by atoms with Gasteiger partial charge >= 0.3 is 0 Å². The summed E-state index contributed by atoms with van der Waals surface area (Å²) in [6.07, 6.45) is 0. The largest absolute Gasteiger partial charge is 0.493 e. The highest BCUT2D eigenvalue weighted by molar-refractivity contribution is 7.18. The van der Waals surface area contributed by atoms with Crippen molar-refractivity contribution in [1.29, 1.82) is 0 Å². The second-order valence-electron chi connectivity index (χ2n) is 6.38. The molecule has 1 heterocycles. The first kappa shape index (κ1) is 19.1. The fourth-order valence-corrected chi connectivity index (χ4v) is 3.92. The van der Waals surface area contributed by atoms with Gasteiger partial charge in [-0.1, -0.05) is 12.1 Å². The normalized spacial score (nSPS) is 13.2. The summed E-state index contributed by atoms with van der Waals surface area (Å²) in [5.41, 5.74) is 1.69. The average molecular weight is 386 g/mol. The Morgan fingerprint density at radius 1 is 1.19 bits per heavy atom. The van der Waals surface area contributed by atoms with E-state index in [1.807, 2.05) is 25.2 Å². The summed E-state index contributed by atoms with van der Waals surface area (Å²) in [5.74, 6) is 1.15. The smallest absolute Gasteiger partial charge is 0.279 e. The van der Waals surface area contributed by atoms with E-state index < -0.39 is 0 Å². The van der Waals surface area contributed by atoms with Crippen LogP contribution in [0.4, 0.5) is 5.69 Å². The van der Waals surface area contributed by atoms with Crippen LogP contribution >= 0.6 is 11.3 Å². The Hall–Kier alpha value is -2.64. The number of hydrogen-bond donors (Lipinski definition) is 2. The molecule has 0 radical (unpaired) electrons. The Labute approximate surface area is 162 Å². The lowest BCUT2D eigenvalue weighted by Crippen LogP contribution is -3.10. The van der Waals surface area contributed by atoms with Gasteiger partial charge < -0.3 is 19.7 Å². The molecule has 1 unspecified atom stereocenters. The minimum absolute atomic E-state index is 0.0623. The van der Waals surface area contributed by atoms with Crippen LogP contribution in [0.3, 0.4) is 0 Å². The fraction of sp³-hybridized carbons (Fsp3) is 0.300. The maximum absolute atomic E-state index is 12.5. The molecule has 2 aromatic carbocycles. The quantitative estimate of drug-likeness (QED) is 0.655. The van der Waals surface area contributed by atoms with Gasteiger partial charge in [0.15, 0.2) is 23.1 Å². The van der Waals surface area contributed by atoms with E-state index in [9.17, 15) is 4.79 Å². The molecule has 27 heavy (non-hydrogen) atoms. The monoisotopic (exact) mass is 386 g/mol. The Balaban J connectivity index is 1.64. The first-order chi connectivity index (χ1) is 13.0. The van der Waals surface area contributed by atoms with Gasteiger partial charge in [-0.15, -0.1) is 11.3 Å². The lowest BCUT2D eigenvalue weighted by Gasteiger charge is -2.19. The number of aromatic nitrogens is 1. The van der Waals surface area contributed by atoms with Crippen molar-refractivity contribution in [3.8, 4) is 11.5 Å². The molecule has 0 bridgehead atoms. The van der Waals surface area contributed by atoms with Gasteiger partial charge in [-0.3, -0.25) is 4.79 Å². The molecule has 0 aliphatic heterocycles. The second kappa shape index (κ2) is 8.37. The zero-order chi connectivity index (χ0) is 19.4. The summed E-state index contributed by atoms with van der Waals surface area (Å²) >= 11 is 1.68. The first-order valence-corrected chi connectivity index (χ1v) is 9.53.